The van der Waals surface area contributed by atoms with Crippen LogP contribution >= 0.6 is 0 Å². The van der Waals surface area contributed by atoms with Gasteiger partial charge in [0, 0.05) is 6.54 Å². The summed E-state index contributed by atoms with van der Waals surface area (Å²) in [5.41, 5.74) is 4.38. The van der Waals surface area contributed by atoms with E-state index < -0.39 is 0 Å². The van der Waals surface area contributed by atoms with Gasteiger partial charge in [0.15, 0.2) is 18.2 Å². The van der Waals surface area contributed by atoms with Crippen LogP contribution in [0.1, 0.15) is 36.1 Å². The van der Waals surface area contributed by atoms with Gasteiger partial charge in [-0.3, -0.25) is 0 Å². The van der Waals surface area contributed by atoms with Gasteiger partial charge in [-0.05, 0) is 75.4 Å². The molecule has 0 atom stereocenters. The van der Waals surface area contributed by atoms with E-state index in [-0.39, 0.29) is 12.8 Å². The quantitative estimate of drug-likeness (QED) is 0.584. The van der Waals surface area contributed by atoms with Gasteiger partial charge in [-0.1, -0.05) is 18.2 Å². The number of hydrogen-bond donors (Lipinski definition) is 2. The zero-order valence-corrected chi connectivity index (χ0v) is 18.1. The molecule has 0 spiro atoms. The highest BCUT2D eigenvalue weighted by Gasteiger charge is 2.08. The van der Waals surface area contributed by atoms with Crippen molar-refractivity contribution in [3.8, 4) is 17.2 Å². The lowest BCUT2D eigenvalue weighted by Gasteiger charge is -2.15. The van der Waals surface area contributed by atoms with E-state index in [1.807, 2.05) is 58.9 Å². The zero-order chi connectivity index (χ0) is 21.2. The van der Waals surface area contributed by atoms with E-state index in [9.17, 15) is 4.79 Å². The molecule has 158 valence electrons. The summed E-state index contributed by atoms with van der Waals surface area (Å²) in [6, 6.07) is 9.68. The SMILES string of the molecule is CCOc1ccc(CCNC(=O)NCOc2c(C)ccc(C)c2C)cc1OCC. The normalized spacial score (nSPS) is 10.4. The van der Waals surface area contributed by atoms with E-state index in [2.05, 4.69) is 16.7 Å². The van der Waals surface area contributed by atoms with Gasteiger partial charge >= 0.3 is 6.03 Å². The van der Waals surface area contributed by atoms with Crippen molar-refractivity contribution in [2.24, 2.45) is 0 Å². The van der Waals surface area contributed by atoms with Crippen molar-refractivity contribution in [1.82, 2.24) is 10.6 Å². The molecule has 2 N–H and O–H groups in total. The fraction of sp³-hybridized carbons (Fsp3) is 0.435. The number of nitrogens with one attached hydrogen (secondary N) is 2. The van der Waals surface area contributed by atoms with Crippen LogP contribution in [0.5, 0.6) is 17.2 Å². The highest BCUT2D eigenvalue weighted by Crippen LogP contribution is 2.28. The summed E-state index contributed by atoms with van der Waals surface area (Å²) < 4.78 is 17.0. The molecule has 0 aliphatic heterocycles. The first kappa shape index (κ1) is 22.4. The second kappa shape index (κ2) is 11.2. The van der Waals surface area contributed by atoms with E-state index in [1.54, 1.807) is 0 Å². The van der Waals surface area contributed by atoms with Crippen LogP contribution in [0.25, 0.3) is 0 Å². The fourth-order valence-electron chi connectivity index (χ4n) is 2.96. The zero-order valence-electron chi connectivity index (χ0n) is 18.1. The third-order valence-electron chi connectivity index (χ3n) is 4.63. The van der Waals surface area contributed by atoms with Crippen LogP contribution in [-0.4, -0.2) is 32.5 Å². The lowest BCUT2D eigenvalue weighted by molar-refractivity contribution is 0.223. The van der Waals surface area contributed by atoms with Crippen molar-refractivity contribution in [3.05, 3.63) is 52.6 Å². The second-order valence-electron chi connectivity index (χ2n) is 6.77. The standard InChI is InChI=1S/C23H32N2O4/c1-6-27-20-11-10-19(14-21(20)28-7-2)12-13-24-23(26)25-15-29-22-17(4)9-8-16(3)18(22)5/h8-11,14H,6-7,12-13,15H2,1-5H3,(H2,24,25,26). The molecule has 0 radical (unpaired) electrons. The van der Waals surface area contributed by atoms with Crippen LogP contribution in [0.2, 0.25) is 0 Å². The van der Waals surface area contributed by atoms with Crippen LogP contribution in [0.4, 0.5) is 4.79 Å². The minimum Gasteiger partial charge on any atom is -0.490 e. The number of benzene rings is 2. The summed E-state index contributed by atoms with van der Waals surface area (Å²) >= 11 is 0. The maximum atomic E-state index is 12.0. The number of amides is 2. The van der Waals surface area contributed by atoms with Gasteiger partial charge in [0.2, 0.25) is 0 Å². The van der Waals surface area contributed by atoms with Crippen molar-refractivity contribution in [2.75, 3.05) is 26.5 Å². The molecule has 0 saturated carbocycles. The molecular weight excluding hydrogens is 368 g/mol. The van der Waals surface area contributed by atoms with E-state index >= 15 is 0 Å². The number of hydrogen-bond acceptors (Lipinski definition) is 4. The van der Waals surface area contributed by atoms with Gasteiger partial charge in [0.05, 0.1) is 13.2 Å². The van der Waals surface area contributed by atoms with Crippen molar-refractivity contribution >= 4 is 6.03 Å². The molecule has 2 rings (SSSR count). The summed E-state index contributed by atoms with van der Waals surface area (Å²) in [5, 5.41) is 5.58. The molecule has 2 amide bonds. The molecule has 0 saturated heterocycles. The first-order valence-electron chi connectivity index (χ1n) is 10.1. The molecule has 6 nitrogen and oxygen atoms in total. The molecule has 2 aromatic rings. The summed E-state index contributed by atoms with van der Waals surface area (Å²) in [6.45, 7) is 11.7. The van der Waals surface area contributed by atoms with E-state index in [0.717, 1.165) is 39.5 Å². The summed E-state index contributed by atoms with van der Waals surface area (Å²) in [7, 11) is 0. The molecular formula is C23H32N2O4. The number of carbonyl (C=O) groups is 1. The molecule has 6 heteroatoms. The van der Waals surface area contributed by atoms with Gasteiger partial charge < -0.3 is 24.8 Å². The first-order valence-corrected chi connectivity index (χ1v) is 10.1. The molecule has 29 heavy (non-hydrogen) atoms. The molecule has 2 aromatic carbocycles. The number of aryl methyl sites for hydroxylation is 2. The Morgan fingerprint density at radius 2 is 1.55 bits per heavy atom. The minimum absolute atomic E-state index is 0.120. The van der Waals surface area contributed by atoms with Gasteiger partial charge in [-0.15, -0.1) is 0 Å². The van der Waals surface area contributed by atoms with Crippen molar-refractivity contribution in [1.29, 1.82) is 0 Å². The minimum atomic E-state index is -0.260. The van der Waals surface area contributed by atoms with Crippen LogP contribution in [-0.2, 0) is 6.42 Å². The second-order valence-corrected chi connectivity index (χ2v) is 6.77. The Hall–Kier alpha value is -2.89. The lowest BCUT2D eigenvalue weighted by Crippen LogP contribution is -2.38. The summed E-state index contributed by atoms with van der Waals surface area (Å²) in [5.74, 6) is 2.29. The largest absolute Gasteiger partial charge is 0.490 e. The van der Waals surface area contributed by atoms with E-state index in [1.165, 1.54) is 0 Å². The molecule has 0 aliphatic rings. The third kappa shape index (κ3) is 6.59. The smallest absolute Gasteiger partial charge is 0.317 e. The number of rotatable bonds is 10. The highest BCUT2D eigenvalue weighted by atomic mass is 16.5. The molecule has 0 fully saturated rings. The Labute approximate surface area is 173 Å². The molecule has 0 bridgehead atoms. The topological polar surface area (TPSA) is 68.8 Å². The summed E-state index contributed by atoms with van der Waals surface area (Å²) in [6.07, 6.45) is 0.691. The Morgan fingerprint density at radius 1 is 0.862 bits per heavy atom. The maximum absolute atomic E-state index is 12.0. The number of carbonyl (C=O) groups excluding carboxylic acids is 1. The highest BCUT2D eigenvalue weighted by molar-refractivity contribution is 5.73. The predicted molar refractivity (Wildman–Crippen MR) is 115 cm³/mol. The van der Waals surface area contributed by atoms with Gasteiger partial charge in [-0.2, -0.15) is 0 Å². The molecule has 0 aliphatic carbocycles. The Bertz CT molecular complexity index is 821. The predicted octanol–water partition coefficient (Wildman–Crippen LogP) is 4.29. The monoisotopic (exact) mass is 400 g/mol. The number of urea groups is 1. The molecule has 0 unspecified atom stereocenters. The number of ether oxygens (including phenoxy) is 3. The van der Waals surface area contributed by atoms with Gasteiger partial charge in [-0.25, -0.2) is 4.79 Å². The van der Waals surface area contributed by atoms with Gasteiger partial charge in [0.1, 0.15) is 5.75 Å². The van der Waals surface area contributed by atoms with Crippen molar-refractivity contribution < 1.29 is 19.0 Å². The summed E-state index contributed by atoms with van der Waals surface area (Å²) in [4.78, 5) is 12.0. The lowest BCUT2D eigenvalue weighted by atomic mass is 10.1. The third-order valence-corrected chi connectivity index (χ3v) is 4.63. The first-order chi connectivity index (χ1) is 14.0. The van der Waals surface area contributed by atoms with Gasteiger partial charge in [0.25, 0.3) is 0 Å². The average Bonchev–Trinajstić information content (AvgIpc) is 2.70. The fourth-order valence-corrected chi connectivity index (χ4v) is 2.96. The molecule has 0 aromatic heterocycles. The Kier molecular flexibility index (Phi) is 8.65. The van der Waals surface area contributed by atoms with E-state index in [0.29, 0.717) is 26.2 Å². The van der Waals surface area contributed by atoms with Crippen molar-refractivity contribution in [3.63, 3.8) is 0 Å². The molecule has 0 heterocycles. The maximum Gasteiger partial charge on any atom is 0.317 e. The average molecular weight is 401 g/mol. The Balaban J connectivity index is 1.79. The van der Waals surface area contributed by atoms with Crippen LogP contribution in [0, 0.1) is 20.8 Å². The van der Waals surface area contributed by atoms with E-state index in [4.69, 9.17) is 14.2 Å². The van der Waals surface area contributed by atoms with Crippen molar-refractivity contribution in [2.45, 2.75) is 41.0 Å². The Morgan fingerprint density at radius 3 is 2.28 bits per heavy atom. The van der Waals surface area contributed by atoms with Crippen LogP contribution < -0.4 is 24.8 Å². The van der Waals surface area contributed by atoms with Crippen LogP contribution in [0.3, 0.4) is 0 Å². The van der Waals surface area contributed by atoms with Crippen LogP contribution in [0.15, 0.2) is 30.3 Å².